The van der Waals surface area contributed by atoms with Crippen LogP contribution in [-0.4, -0.2) is 22.3 Å². The van der Waals surface area contributed by atoms with Crippen LogP contribution in [0.5, 0.6) is 0 Å². The van der Waals surface area contributed by atoms with Gasteiger partial charge in [-0.15, -0.1) is 0 Å². The Morgan fingerprint density at radius 3 is 2.76 bits per heavy atom. The van der Waals surface area contributed by atoms with Gasteiger partial charge in [-0.3, -0.25) is 0 Å². The molecule has 0 aliphatic carbocycles. The van der Waals surface area contributed by atoms with Crippen molar-refractivity contribution in [1.82, 2.24) is 9.55 Å². The number of hydrogen-bond donors (Lipinski definition) is 1. The highest BCUT2D eigenvalue weighted by molar-refractivity contribution is 7.71. The first kappa shape index (κ1) is 12.3. The van der Waals surface area contributed by atoms with E-state index in [9.17, 15) is 0 Å². The molecule has 1 heterocycles. The molecule has 1 N–H and O–H groups in total. The molecule has 92 valence electrons. The number of aromatic nitrogens is 2. The summed E-state index contributed by atoms with van der Waals surface area (Å²) in [6, 6.07) is 6.22. The summed E-state index contributed by atoms with van der Waals surface area (Å²) in [5, 5.41) is 0. The molecule has 0 fully saturated rings. The van der Waals surface area contributed by atoms with Crippen LogP contribution in [0.15, 0.2) is 18.2 Å². The van der Waals surface area contributed by atoms with Crippen molar-refractivity contribution in [3.05, 3.63) is 28.5 Å². The lowest BCUT2D eigenvalue weighted by Crippen LogP contribution is -2.29. The molecule has 0 radical (unpaired) electrons. The summed E-state index contributed by atoms with van der Waals surface area (Å²) < 4.78 is 8.31. The number of hydrogen-bond acceptors (Lipinski definition) is 2. The van der Waals surface area contributed by atoms with Crippen LogP contribution in [0, 0.1) is 11.7 Å². The number of ether oxygens (including phenoxy) is 1. The minimum absolute atomic E-state index is 0.225. The van der Waals surface area contributed by atoms with Gasteiger partial charge in [0.1, 0.15) is 0 Å². The molecule has 2 rings (SSSR count). The van der Waals surface area contributed by atoms with E-state index >= 15 is 0 Å². The quantitative estimate of drug-likeness (QED) is 0.846. The normalized spacial score (nSPS) is 12.2. The van der Waals surface area contributed by atoms with E-state index < -0.39 is 0 Å². The number of nitrogens with zero attached hydrogens (tertiary/aromatic N) is 1. The van der Waals surface area contributed by atoms with Crippen LogP contribution < -0.4 is 0 Å². The Balaban J connectivity index is 2.58. The van der Waals surface area contributed by atoms with Crippen LogP contribution in [0.3, 0.4) is 0 Å². The van der Waals surface area contributed by atoms with Crippen molar-refractivity contribution in [2.45, 2.75) is 32.9 Å². The van der Waals surface area contributed by atoms with E-state index in [1.807, 2.05) is 0 Å². The molecule has 0 aliphatic rings. The van der Waals surface area contributed by atoms with E-state index in [4.69, 9.17) is 17.0 Å². The number of nitrogens with one attached hydrogen (secondary N) is 1. The van der Waals surface area contributed by atoms with E-state index in [-0.39, 0.29) is 5.60 Å². The minimum Gasteiger partial charge on any atom is -0.377 e. The van der Waals surface area contributed by atoms with Crippen molar-refractivity contribution < 1.29 is 4.74 Å². The van der Waals surface area contributed by atoms with E-state index in [0.29, 0.717) is 0 Å². The van der Waals surface area contributed by atoms with E-state index in [2.05, 4.69) is 48.5 Å². The molecule has 0 bridgehead atoms. The number of para-hydroxylation sites is 1. The Morgan fingerprint density at radius 1 is 1.41 bits per heavy atom. The highest BCUT2D eigenvalue weighted by atomic mass is 32.1. The highest BCUT2D eigenvalue weighted by Crippen LogP contribution is 2.21. The van der Waals surface area contributed by atoms with Crippen LogP contribution >= 0.6 is 12.2 Å². The first-order valence-electron chi connectivity index (χ1n) is 5.68. The predicted octanol–water partition coefficient (Wildman–Crippen LogP) is 3.43. The molecule has 0 spiro atoms. The van der Waals surface area contributed by atoms with Gasteiger partial charge < -0.3 is 14.3 Å². The van der Waals surface area contributed by atoms with E-state index in [0.717, 1.165) is 22.3 Å². The average Bonchev–Trinajstić information content (AvgIpc) is 2.58. The zero-order chi connectivity index (χ0) is 12.6. The second kappa shape index (κ2) is 4.27. The maximum Gasteiger partial charge on any atom is 0.178 e. The third-order valence-electron chi connectivity index (χ3n) is 3.11. The summed E-state index contributed by atoms with van der Waals surface area (Å²) in [5.74, 6) is 0. The molecule has 0 saturated heterocycles. The summed E-state index contributed by atoms with van der Waals surface area (Å²) in [6.07, 6.45) is 0. The molecule has 17 heavy (non-hydrogen) atoms. The Bertz CT molecular complexity index is 595. The molecule has 0 unspecified atom stereocenters. The molecule has 4 heteroatoms. The average molecular weight is 250 g/mol. The van der Waals surface area contributed by atoms with Gasteiger partial charge in [-0.2, -0.15) is 0 Å². The summed E-state index contributed by atoms with van der Waals surface area (Å²) in [7, 11) is 1.73. The number of aromatic amines is 1. The molecule has 2 aromatic rings. The first-order valence-corrected chi connectivity index (χ1v) is 6.09. The third kappa shape index (κ3) is 2.28. The van der Waals surface area contributed by atoms with Crippen LogP contribution in [0.4, 0.5) is 0 Å². The lowest BCUT2D eigenvalue weighted by molar-refractivity contribution is 0.00873. The minimum atomic E-state index is -0.225. The number of H-pyrrole nitrogens is 1. The second-order valence-electron chi connectivity index (χ2n) is 4.95. The Labute approximate surface area is 106 Å². The Hall–Kier alpha value is -1.13. The Kier molecular flexibility index (Phi) is 3.10. The fraction of sp³-hybridized carbons (Fsp3) is 0.462. The van der Waals surface area contributed by atoms with Crippen molar-refractivity contribution in [3.63, 3.8) is 0 Å². The van der Waals surface area contributed by atoms with Gasteiger partial charge in [0.2, 0.25) is 0 Å². The second-order valence-corrected chi connectivity index (χ2v) is 5.34. The van der Waals surface area contributed by atoms with Crippen LogP contribution in [-0.2, 0) is 11.3 Å². The van der Waals surface area contributed by atoms with Gasteiger partial charge in [-0.05, 0) is 44.6 Å². The molecule has 0 amide bonds. The topological polar surface area (TPSA) is 29.9 Å². The zero-order valence-electron chi connectivity index (χ0n) is 10.7. The number of fused-ring (bicyclic) bond motifs is 1. The molecule has 0 saturated carbocycles. The molecule has 3 nitrogen and oxygen atoms in total. The standard InChI is InChI=1S/C13H18N2OS/c1-9-6-5-7-10-11(9)14-12(17)15(10)8-13(2,3)16-4/h5-7H,8H2,1-4H3,(H,14,17). The number of aryl methyl sites for hydroxylation is 1. The highest BCUT2D eigenvalue weighted by Gasteiger charge is 2.19. The summed E-state index contributed by atoms with van der Waals surface area (Å²) >= 11 is 5.38. The lowest BCUT2D eigenvalue weighted by atomic mass is 10.1. The molecular formula is C13H18N2OS. The van der Waals surface area contributed by atoms with E-state index in [1.165, 1.54) is 5.56 Å². The van der Waals surface area contributed by atoms with Gasteiger partial charge in [0, 0.05) is 7.11 Å². The maximum atomic E-state index is 5.46. The Morgan fingerprint density at radius 2 is 2.12 bits per heavy atom. The molecule has 1 aromatic heterocycles. The van der Waals surface area contributed by atoms with Crippen molar-refractivity contribution in [3.8, 4) is 0 Å². The van der Waals surface area contributed by atoms with Crippen LogP contribution in [0.25, 0.3) is 11.0 Å². The van der Waals surface area contributed by atoms with E-state index in [1.54, 1.807) is 7.11 Å². The van der Waals surface area contributed by atoms with Crippen molar-refractivity contribution in [2.75, 3.05) is 7.11 Å². The van der Waals surface area contributed by atoms with Gasteiger partial charge in [0.25, 0.3) is 0 Å². The van der Waals surface area contributed by atoms with Gasteiger partial charge in [0.15, 0.2) is 4.77 Å². The summed E-state index contributed by atoms with van der Waals surface area (Å²) in [5.41, 5.74) is 3.24. The fourth-order valence-electron chi connectivity index (χ4n) is 1.93. The number of imidazole rings is 1. The zero-order valence-corrected chi connectivity index (χ0v) is 11.5. The van der Waals surface area contributed by atoms with Crippen molar-refractivity contribution in [1.29, 1.82) is 0 Å². The SMILES string of the molecule is COC(C)(C)Cn1c(=S)[nH]c2c(C)cccc21. The summed E-state index contributed by atoms with van der Waals surface area (Å²) in [4.78, 5) is 3.26. The number of methoxy groups -OCH3 is 1. The third-order valence-corrected chi connectivity index (χ3v) is 3.43. The van der Waals surface area contributed by atoms with Gasteiger partial charge >= 0.3 is 0 Å². The smallest absolute Gasteiger partial charge is 0.178 e. The van der Waals surface area contributed by atoms with Gasteiger partial charge in [0.05, 0.1) is 23.2 Å². The fourth-order valence-corrected chi connectivity index (χ4v) is 2.19. The number of benzene rings is 1. The molecular weight excluding hydrogens is 232 g/mol. The number of rotatable bonds is 3. The largest absolute Gasteiger partial charge is 0.377 e. The molecule has 0 aliphatic heterocycles. The predicted molar refractivity (Wildman–Crippen MR) is 72.9 cm³/mol. The monoisotopic (exact) mass is 250 g/mol. The van der Waals surface area contributed by atoms with Crippen molar-refractivity contribution in [2.24, 2.45) is 0 Å². The molecule has 1 aromatic carbocycles. The molecule has 0 atom stereocenters. The van der Waals surface area contributed by atoms with Crippen LogP contribution in [0.1, 0.15) is 19.4 Å². The van der Waals surface area contributed by atoms with Gasteiger partial charge in [-0.1, -0.05) is 12.1 Å². The van der Waals surface area contributed by atoms with Crippen LogP contribution in [0.2, 0.25) is 0 Å². The first-order chi connectivity index (χ1) is 7.94. The lowest BCUT2D eigenvalue weighted by Gasteiger charge is -2.23. The van der Waals surface area contributed by atoms with Crippen molar-refractivity contribution >= 4 is 23.3 Å². The van der Waals surface area contributed by atoms with Gasteiger partial charge in [-0.25, -0.2) is 0 Å². The summed E-state index contributed by atoms with van der Waals surface area (Å²) in [6.45, 7) is 6.94. The maximum absolute atomic E-state index is 5.46.